The minimum atomic E-state index is -0.0209. The number of H-pyrrole nitrogens is 1. The molecular formula is C14H17N2O2. The Kier molecular flexibility index (Phi) is 3.55. The Balaban J connectivity index is 2.20. The van der Waals surface area contributed by atoms with Crippen molar-refractivity contribution < 1.29 is 9.53 Å². The fourth-order valence-electron chi connectivity index (χ4n) is 1.90. The van der Waals surface area contributed by atoms with Gasteiger partial charge in [0.25, 0.3) is 0 Å². The molecule has 1 radical (unpaired) electrons. The van der Waals surface area contributed by atoms with Crippen LogP contribution in [0.5, 0.6) is 5.75 Å². The van der Waals surface area contributed by atoms with Gasteiger partial charge in [0.15, 0.2) is 0 Å². The number of amides is 1. The molecule has 1 amide bonds. The molecule has 0 bridgehead atoms. The summed E-state index contributed by atoms with van der Waals surface area (Å²) in [5.74, 6) is 0.814. The van der Waals surface area contributed by atoms with Crippen molar-refractivity contribution in [3.8, 4) is 5.75 Å². The fourth-order valence-corrected chi connectivity index (χ4v) is 1.90. The third kappa shape index (κ3) is 2.47. The van der Waals surface area contributed by atoms with Gasteiger partial charge in [0, 0.05) is 37.6 Å². The number of hydrogen-bond acceptors (Lipinski definition) is 2. The Hall–Kier alpha value is -1.97. The second-order valence-electron chi connectivity index (χ2n) is 4.26. The lowest BCUT2D eigenvalue weighted by Crippen LogP contribution is -2.23. The van der Waals surface area contributed by atoms with E-state index in [9.17, 15) is 4.79 Å². The van der Waals surface area contributed by atoms with E-state index in [-0.39, 0.29) is 5.91 Å². The van der Waals surface area contributed by atoms with Crippen molar-refractivity contribution in [3.05, 3.63) is 37.0 Å². The molecule has 0 saturated carbocycles. The van der Waals surface area contributed by atoms with E-state index in [0.29, 0.717) is 6.54 Å². The number of hydrogen-bond donors (Lipinski definition) is 1. The van der Waals surface area contributed by atoms with Gasteiger partial charge in [-0.25, -0.2) is 0 Å². The molecule has 0 aliphatic carbocycles. The SMILES string of the molecule is [CH2]N(CCc1c[nH]c2ccc(OC)cc12)C(C)=O. The predicted octanol–water partition coefficient (Wildman–Crippen LogP) is 2.36. The van der Waals surface area contributed by atoms with E-state index >= 15 is 0 Å². The van der Waals surface area contributed by atoms with Crippen molar-refractivity contribution in [1.29, 1.82) is 0 Å². The largest absolute Gasteiger partial charge is 0.497 e. The summed E-state index contributed by atoms with van der Waals surface area (Å²) in [6.07, 6.45) is 2.74. The van der Waals surface area contributed by atoms with Gasteiger partial charge in [-0.05, 0) is 30.2 Å². The molecule has 1 aromatic heterocycles. The Labute approximate surface area is 107 Å². The number of rotatable bonds is 4. The summed E-state index contributed by atoms with van der Waals surface area (Å²) < 4.78 is 5.22. The van der Waals surface area contributed by atoms with Crippen molar-refractivity contribution in [3.63, 3.8) is 0 Å². The fraction of sp³-hybridized carbons (Fsp3) is 0.286. The summed E-state index contributed by atoms with van der Waals surface area (Å²) in [5, 5.41) is 1.13. The standard InChI is InChI=1S/C14H17N2O2/c1-10(17)16(2)7-6-11-9-15-14-5-4-12(18-3)8-13(11)14/h4-5,8-9,15H,2,6-7H2,1,3H3. The van der Waals surface area contributed by atoms with Crippen molar-refractivity contribution in [2.24, 2.45) is 0 Å². The van der Waals surface area contributed by atoms with Crippen LogP contribution in [0, 0.1) is 7.05 Å². The van der Waals surface area contributed by atoms with Gasteiger partial charge in [0.1, 0.15) is 5.75 Å². The number of nitrogens with one attached hydrogen (secondary N) is 1. The molecule has 0 spiro atoms. The Morgan fingerprint density at radius 1 is 1.50 bits per heavy atom. The van der Waals surface area contributed by atoms with E-state index in [0.717, 1.165) is 23.1 Å². The molecule has 4 nitrogen and oxygen atoms in total. The maximum absolute atomic E-state index is 11.1. The monoisotopic (exact) mass is 245 g/mol. The topological polar surface area (TPSA) is 45.3 Å². The first kappa shape index (κ1) is 12.5. The highest BCUT2D eigenvalue weighted by Crippen LogP contribution is 2.23. The summed E-state index contributed by atoms with van der Waals surface area (Å²) >= 11 is 0. The molecule has 95 valence electrons. The summed E-state index contributed by atoms with van der Waals surface area (Å²) in [4.78, 5) is 15.8. The minimum Gasteiger partial charge on any atom is -0.497 e. The lowest BCUT2D eigenvalue weighted by Gasteiger charge is -2.13. The first-order chi connectivity index (χ1) is 8.61. The van der Waals surface area contributed by atoms with Crippen molar-refractivity contribution >= 4 is 16.8 Å². The van der Waals surface area contributed by atoms with Crippen LogP contribution in [0.4, 0.5) is 0 Å². The molecule has 0 fully saturated rings. The molecule has 0 aliphatic heterocycles. The van der Waals surface area contributed by atoms with Gasteiger partial charge >= 0.3 is 0 Å². The molecule has 2 aromatic rings. The number of methoxy groups -OCH3 is 1. The molecule has 0 atom stereocenters. The molecule has 0 unspecified atom stereocenters. The van der Waals surface area contributed by atoms with E-state index in [4.69, 9.17) is 4.74 Å². The van der Waals surface area contributed by atoms with Crippen molar-refractivity contribution in [2.75, 3.05) is 13.7 Å². The first-order valence-corrected chi connectivity index (χ1v) is 5.84. The average Bonchev–Trinajstić information content (AvgIpc) is 2.77. The summed E-state index contributed by atoms with van der Waals surface area (Å²) in [6, 6.07) is 5.92. The summed E-state index contributed by atoms with van der Waals surface area (Å²) in [7, 11) is 5.35. The molecule has 0 saturated heterocycles. The third-order valence-corrected chi connectivity index (χ3v) is 3.07. The Morgan fingerprint density at radius 2 is 2.28 bits per heavy atom. The molecule has 1 N–H and O–H groups in total. The molecule has 1 heterocycles. The predicted molar refractivity (Wildman–Crippen MR) is 71.3 cm³/mol. The highest BCUT2D eigenvalue weighted by atomic mass is 16.5. The minimum absolute atomic E-state index is 0.0209. The molecule has 0 aliphatic rings. The van der Waals surface area contributed by atoms with Crippen molar-refractivity contribution in [2.45, 2.75) is 13.3 Å². The van der Waals surface area contributed by atoms with Crippen LogP contribution in [0.25, 0.3) is 10.9 Å². The van der Waals surface area contributed by atoms with Crippen LogP contribution < -0.4 is 4.74 Å². The van der Waals surface area contributed by atoms with Gasteiger partial charge in [-0.1, -0.05) is 0 Å². The van der Waals surface area contributed by atoms with Crippen LogP contribution in [0.3, 0.4) is 0 Å². The highest BCUT2D eigenvalue weighted by molar-refractivity contribution is 5.84. The van der Waals surface area contributed by atoms with Gasteiger partial charge in [-0.3, -0.25) is 4.79 Å². The van der Waals surface area contributed by atoms with Crippen LogP contribution in [0.15, 0.2) is 24.4 Å². The molecule has 2 rings (SSSR count). The number of nitrogens with zero attached hydrogens (tertiary/aromatic N) is 1. The number of ether oxygens (including phenoxy) is 1. The van der Waals surface area contributed by atoms with E-state index in [1.165, 1.54) is 17.4 Å². The zero-order valence-electron chi connectivity index (χ0n) is 10.7. The maximum atomic E-state index is 11.1. The van der Waals surface area contributed by atoms with Gasteiger partial charge < -0.3 is 14.6 Å². The van der Waals surface area contributed by atoms with Gasteiger partial charge in [-0.2, -0.15) is 0 Å². The van der Waals surface area contributed by atoms with Crippen LogP contribution in [0.1, 0.15) is 12.5 Å². The van der Waals surface area contributed by atoms with Crippen LogP contribution in [0.2, 0.25) is 0 Å². The van der Waals surface area contributed by atoms with Crippen molar-refractivity contribution in [1.82, 2.24) is 9.88 Å². The number of aromatic amines is 1. The normalized spacial score (nSPS) is 10.6. The maximum Gasteiger partial charge on any atom is 0.219 e. The Morgan fingerprint density at radius 3 is 2.94 bits per heavy atom. The lowest BCUT2D eigenvalue weighted by molar-refractivity contribution is -0.126. The summed E-state index contributed by atoms with van der Waals surface area (Å²) in [5.41, 5.74) is 2.24. The number of aromatic nitrogens is 1. The summed E-state index contributed by atoms with van der Waals surface area (Å²) in [6.45, 7) is 2.13. The number of carbonyl (C=O) groups is 1. The zero-order valence-corrected chi connectivity index (χ0v) is 10.7. The van der Waals surface area contributed by atoms with E-state index in [1.54, 1.807) is 7.11 Å². The van der Waals surface area contributed by atoms with Crippen LogP contribution in [-0.2, 0) is 11.2 Å². The average molecular weight is 245 g/mol. The zero-order chi connectivity index (χ0) is 13.1. The third-order valence-electron chi connectivity index (χ3n) is 3.07. The van der Waals surface area contributed by atoms with Gasteiger partial charge in [0.2, 0.25) is 5.91 Å². The quantitative estimate of drug-likeness (QED) is 0.898. The Bertz CT molecular complexity index is 560. The second kappa shape index (κ2) is 5.12. The smallest absolute Gasteiger partial charge is 0.219 e. The van der Waals surface area contributed by atoms with E-state index < -0.39 is 0 Å². The molecular weight excluding hydrogens is 228 g/mol. The number of carbonyl (C=O) groups excluding carboxylic acids is 1. The first-order valence-electron chi connectivity index (χ1n) is 5.84. The second-order valence-corrected chi connectivity index (χ2v) is 4.26. The highest BCUT2D eigenvalue weighted by Gasteiger charge is 2.07. The van der Waals surface area contributed by atoms with Gasteiger partial charge in [-0.15, -0.1) is 0 Å². The van der Waals surface area contributed by atoms with E-state index in [1.807, 2.05) is 24.4 Å². The lowest BCUT2D eigenvalue weighted by atomic mass is 10.1. The number of benzene rings is 1. The van der Waals surface area contributed by atoms with E-state index in [2.05, 4.69) is 12.0 Å². The number of fused-ring (bicyclic) bond motifs is 1. The van der Waals surface area contributed by atoms with Crippen LogP contribution >= 0.6 is 0 Å². The molecule has 1 aromatic carbocycles. The van der Waals surface area contributed by atoms with Crippen LogP contribution in [-0.4, -0.2) is 29.4 Å². The van der Waals surface area contributed by atoms with Gasteiger partial charge in [0.05, 0.1) is 7.11 Å². The molecule has 4 heteroatoms. The molecule has 18 heavy (non-hydrogen) atoms.